The number of hydrogen-bond donors (Lipinski definition) is 1. The molecule has 1 unspecified atom stereocenters. The number of likely N-dealkylation sites (N-methyl/N-ethyl adjacent to an activating group) is 1. The molecular weight excluding hydrogens is 332 g/mol. The average Bonchev–Trinajstić information content (AvgIpc) is 2.36. The molecule has 1 rings (SSSR count). The van der Waals surface area contributed by atoms with Gasteiger partial charge in [-0.25, -0.2) is 8.42 Å². The molecule has 1 aromatic rings. The Hall–Kier alpha value is -0.920. The number of carbonyl (C=O) groups excluding carboxylic acids is 1. The van der Waals surface area contributed by atoms with Crippen molar-refractivity contribution in [1.29, 1.82) is 0 Å². The molecule has 1 amide bonds. The van der Waals surface area contributed by atoms with Crippen molar-refractivity contribution in [3.05, 3.63) is 28.7 Å². The fourth-order valence-corrected chi connectivity index (χ4v) is 3.70. The van der Waals surface area contributed by atoms with Crippen molar-refractivity contribution in [2.24, 2.45) is 0 Å². The number of amides is 1. The summed E-state index contributed by atoms with van der Waals surface area (Å²) in [6.45, 7) is 3.88. The molecule has 0 bridgehead atoms. The minimum atomic E-state index is -3.72. The number of nitrogens with one attached hydrogen (secondary N) is 1. The third-order valence-electron chi connectivity index (χ3n) is 2.68. The highest BCUT2D eigenvalue weighted by atomic mass is 79.9. The second kappa shape index (κ2) is 6.49. The van der Waals surface area contributed by atoms with Crippen molar-refractivity contribution in [3.63, 3.8) is 0 Å². The molecule has 0 fully saturated rings. The lowest BCUT2D eigenvalue weighted by molar-refractivity contribution is -0.131. The monoisotopic (exact) mass is 348 g/mol. The number of carbonyl (C=O) groups is 1. The van der Waals surface area contributed by atoms with E-state index in [1.165, 1.54) is 17.9 Å². The van der Waals surface area contributed by atoms with E-state index < -0.39 is 16.1 Å². The molecule has 1 aromatic carbocycles. The van der Waals surface area contributed by atoms with E-state index in [4.69, 9.17) is 0 Å². The number of hydrogen-bond acceptors (Lipinski definition) is 3. The Bertz CT molecular complexity index is 560. The third-order valence-corrected chi connectivity index (χ3v) is 5.23. The van der Waals surface area contributed by atoms with Gasteiger partial charge in [0.2, 0.25) is 15.9 Å². The van der Waals surface area contributed by atoms with Crippen LogP contribution in [0, 0.1) is 0 Å². The fraction of sp³-hybridized carbons (Fsp3) is 0.417. The van der Waals surface area contributed by atoms with Gasteiger partial charge >= 0.3 is 0 Å². The second-order valence-electron chi connectivity index (χ2n) is 4.13. The highest BCUT2D eigenvalue weighted by Crippen LogP contribution is 2.21. The normalized spacial score (nSPS) is 13.1. The minimum absolute atomic E-state index is 0.119. The van der Waals surface area contributed by atoms with Gasteiger partial charge in [-0.05, 0) is 41.9 Å². The lowest BCUT2D eigenvalue weighted by Gasteiger charge is -2.20. The molecule has 1 N–H and O–H groups in total. The Morgan fingerprint density at radius 1 is 1.42 bits per heavy atom. The predicted octanol–water partition coefficient (Wildman–Crippen LogP) is 1.59. The molecule has 0 saturated carbocycles. The Kier molecular flexibility index (Phi) is 5.51. The number of sulfonamides is 1. The van der Waals surface area contributed by atoms with Gasteiger partial charge < -0.3 is 4.90 Å². The van der Waals surface area contributed by atoms with E-state index in [1.54, 1.807) is 25.2 Å². The molecule has 0 spiro atoms. The van der Waals surface area contributed by atoms with Crippen LogP contribution in [0.3, 0.4) is 0 Å². The first-order valence-corrected chi connectivity index (χ1v) is 8.09. The van der Waals surface area contributed by atoms with Crippen molar-refractivity contribution < 1.29 is 13.2 Å². The summed E-state index contributed by atoms with van der Waals surface area (Å²) in [6, 6.07) is 5.67. The largest absolute Gasteiger partial charge is 0.345 e. The number of benzene rings is 1. The van der Waals surface area contributed by atoms with Crippen LogP contribution in [-0.2, 0) is 14.8 Å². The zero-order valence-electron chi connectivity index (χ0n) is 11.1. The summed E-state index contributed by atoms with van der Waals surface area (Å²) in [5.74, 6) is -0.266. The van der Waals surface area contributed by atoms with E-state index in [1.807, 2.05) is 6.92 Å². The topological polar surface area (TPSA) is 66.5 Å². The van der Waals surface area contributed by atoms with E-state index in [2.05, 4.69) is 20.7 Å². The summed E-state index contributed by atoms with van der Waals surface area (Å²) >= 11 is 3.19. The van der Waals surface area contributed by atoms with E-state index in [0.717, 1.165) is 0 Å². The summed E-state index contributed by atoms with van der Waals surface area (Å²) < 4.78 is 27.2. The van der Waals surface area contributed by atoms with Crippen LogP contribution in [-0.4, -0.2) is 38.9 Å². The quantitative estimate of drug-likeness (QED) is 0.878. The van der Waals surface area contributed by atoms with Crippen LogP contribution in [0.5, 0.6) is 0 Å². The molecule has 0 aliphatic rings. The van der Waals surface area contributed by atoms with Gasteiger partial charge in [0.05, 0.1) is 10.9 Å². The number of nitrogens with zero attached hydrogens (tertiary/aromatic N) is 1. The molecule has 0 radical (unpaired) electrons. The van der Waals surface area contributed by atoms with Gasteiger partial charge in [-0.15, -0.1) is 0 Å². The third kappa shape index (κ3) is 4.02. The van der Waals surface area contributed by atoms with E-state index in [0.29, 0.717) is 11.0 Å². The molecule has 1 atom stereocenters. The Morgan fingerprint density at radius 2 is 2.00 bits per heavy atom. The van der Waals surface area contributed by atoms with Crippen LogP contribution in [0.15, 0.2) is 33.6 Å². The molecule has 0 aliphatic carbocycles. The Balaban J connectivity index is 2.93. The van der Waals surface area contributed by atoms with Gasteiger partial charge in [0, 0.05) is 18.1 Å². The molecule has 0 saturated heterocycles. The molecule has 5 nitrogen and oxygen atoms in total. The molecule has 0 heterocycles. The van der Waals surface area contributed by atoms with Crippen molar-refractivity contribution in [2.75, 3.05) is 13.6 Å². The Morgan fingerprint density at radius 3 is 2.53 bits per heavy atom. The highest BCUT2D eigenvalue weighted by molar-refractivity contribution is 9.10. The number of halogens is 1. The van der Waals surface area contributed by atoms with E-state index >= 15 is 0 Å². The summed E-state index contributed by atoms with van der Waals surface area (Å²) in [4.78, 5) is 13.4. The first-order chi connectivity index (χ1) is 8.79. The zero-order valence-corrected chi connectivity index (χ0v) is 13.5. The van der Waals surface area contributed by atoms with Gasteiger partial charge in [-0.3, -0.25) is 4.79 Å². The maximum atomic E-state index is 12.2. The lowest BCUT2D eigenvalue weighted by Crippen LogP contribution is -2.45. The van der Waals surface area contributed by atoms with Crippen molar-refractivity contribution in [3.8, 4) is 0 Å². The summed E-state index contributed by atoms with van der Waals surface area (Å²) in [5.41, 5.74) is 0. The molecule has 19 heavy (non-hydrogen) atoms. The summed E-state index contributed by atoms with van der Waals surface area (Å²) in [6.07, 6.45) is 0. The van der Waals surface area contributed by atoms with Crippen molar-refractivity contribution in [2.45, 2.75) is 24.8 Å². The number of rotatable bonds is 5. The Labute approximate surface area is 122 Å². The maximum Gasteiger partial charge on any atom is 0.242 e. The second-order valence-corrected chi connectivity index (χ2v) is 6.66. The highest BCUT2D eigenvalue weighted by Gasteiger charge is 2.24. The van der Waals surface area contributed by atoms with Crippen LogP contribution < -0.4 is 4.72 Å². The summed E-state index contributed by atoms with van der Waals surface area (Å²) in [7, 11) is -2.09. The summed E-state index contributed by atoms with van der Waals surface area (Å²) in [5, 5.41) is 0. The van der Waals surface area contributed by atoms with E-state index in [-0.39, 0.29) is 10.8 Å². The van der Waals surface area contributed by atoms with Crippen LogP contribution >= 0.6 is 15.9 Å². The predicted molar refractivity (Wildman–Crippen MR) is 77.2 cm³/mol. The van der Waals surface area contributed by atoms with Crippen molar-refractivity contribution in [1.82, 2.24) is 9.62 Å². The molecule has 0 aliphatic heterocycles. The molecule has 7 heteroatoms. The van der Waals surface area contributed by atoms with Crippen LogP contribution in [0.4, 0.5) is 0 Å². The van der Waals surface area contributed by atoms with Crippen molar-refractivity contribution >= 4 is 31.9 Å². The minimum Gasteiger partial charge on any atom is -0.345 e. The fourth-order valence-electron chi connectivity index (χ4n) is 1.50. The molecule has 106 valence electrons. The maximum absolute atomic E-state index is 12.2. The smallest absolute Gasteiger partial charge is 0.242 e. The van der Waals surface area contributed by atoms with Crippen LogP contribution in [0.2, 0.25) is 0 Å². The lowest BCUT2D eigenvalue weighted by atomic mass is 10.3. The SMILES string of the molecule is CCN(C)C(=O)C(C)NS(=O)(=O)c1ccccc1Br. The van der Waals surface area contributed by atoms with Gasteiger partial charge in [0.1, 0.15) is 0 Å². The average molecular weight is 349 g/mol. The molecular formula is C12H17BrN2O3S. The van der Waals surface area contributed by atoms with Gasteiger partial charge in [0.15, 0.2) is 0 Å². The van der Waals surface area contributed by atoms with Crippen LogP contribution in [0.1, 0.15) is 13.8 Å². The van der Waals surface area contributed by atoms with E-state index in [9.17, 15) is 13.2 Å². The first-order valence-electron chi connectivity index (χ1n) is 5.81. The van der Waals surface area contributed by atoms with Gasteiger partial charge in [0.25, 0.3) is 0 Å². The van der Waals surface area contributed by atoms with Crippen LogP contribution in [0.25, 0.3) is 0 Å². The van der Waals surface area contributed by atoms with Gasteiger partial charge in [-0.2, -0.15) is 4.72 Å². The zero-order chi connectivity index (χ0) is 14.6. The first kappa shape index (κ1) is 16.1. The standard InChI is InChI=1S/C12H17BrN2O3S/c1-4-15(3)12(16)9(2)14-19(17,18)11-8-6-5-7-10(11)13/h5-9,14H,4H2,1-3H3. The molecule has 0 aromatic heterocycles. The van der Waals surface area contributed by atoms with Gasteiger partial charge in [-0.1, -0.05) is 12.1 Å².